The van der Waals surface area contributed by atoms with E-state index < -0.39 is 0 Å². The first kappa shape index (κ1) is 18.4. The number of piperidine rings is 1. The van der Waals surface area contributed by atoms with Crippen LogP contribution in [-0.2, 0) is 4.79 Å². The molecule has 6 heteroatoms. The normalized spacial score (nSPS) is 21.3. The van der Waals surface area contributed by atoms with E-state index in [2.05, 4.69) is 17.9 Å². The molecule has 0 radical (unpaired) electrons. The summed E-state index contributed by atoms with van der Waals surface area (Å²) in [7, 11) is 0. The average Bonchev–Trinajstić information content (AvgIpc) is 2.68. The van der Waals surface area contributed by atoms with E-state index in [0.29, 0.717) is 49.9 Å². The lowest BCUT2D eigenvalue weighted by atomic mass is 10.0. The Morgan fingerprint density at radius 1 is 1.15 bits per heavy atom. The highest BCUT2D eigenvalue weighted by molar-refractivity contribution is 5.94. The molecule has 0 bridgehead atoms. The van der Waals surface area contributed by atoms with Gasteiger partial charge in [0.15, 0.2) is 0 Å². The maximum Gasteiger partial charge on any atom is 0.253 e. The number of piperazine rings is 1. The fourth-order valence-corrected chi connectivity index (χ4v) is 3.76. The molecule has 0 aromatic heterocycles. The summed E-state index contributed by atoms with van der Waals surface area (Å²) in [5, 5.41) is 8.98. The van der Waals surface area contributed by atoms with Gasteiger partial charge in [-0.05, 0) is 44.4 Å². The molecule has 0 spiro atoms. The Bertz CT molecular complexity index is 704. The monoisotopic (exact) mass is 354 g/mol. The Morgan fingerprint density at radius 2 is 1.92 bits per heavy atom. The van der Waals surface area contributed by atoms with Crippen LogP contribution in [0.15, 0.2) is 24.3 Å². The van der Waals surface area contributed by atoms with Gasteiger partial charge in [-0.3, -0.25) is 14.5 Å². The van der Waals surface area contributed by atoms with Gasteiger partial charge < -0.3 is 9.80 Å². The molecular formula is C20H26N4O2. The SMILES string of the molecule is CC1CCCCN1C(=O)CN1CCN(C(=O)c2cccc(C#N)c2)CC1. The first-order valence-corrected chi connectivity index (χ1v) is 9.40. The van der Waals surface area contributed by atoms with Crippen molar-refractivity contribution in [3.8, 4) is 6.07 Å². The van der Waals surface area contributed by atoms with Crippen molar-refractivity contribution >= 4 is 11.8 Å². The smallest absolute Gasteiger partial charge is 0.253 e. The summed E-state index contributed by atoms with van der Waals surface area (Å²) >= 11 is 0. The summed E-state index contributed by atoms with van der Waals surface area (Å²) in [5.74, 6) is 0.163. The van der Waals surface area contributed by atoms with Crippen molar-refractivity contribution in [3.63, 3.8) is 0 Å². The molecule has 3 rings (SSSR count). The Morgan fingerprint density at radius 3 is 2.62 bits per heavy atom. The minimum atomic E-state index is -0.0438. The molecule has 1 unspecified atom stereocenters. The van der Waals surface area contributed by atoms with Gasteiger partial charge in [0.2, 0.25) is 5.91 Å². The Balaban J connectivity index is 1.51. The van der Waals surface area contributed by atoms with Gasteiger partial charge in [-0.2, -0.15) is 5.26 Å². The summed E-state index contributed by atoms with van der Waals surface area (Å²) in [6.07, 6.45) is 3.40. The molecule has 1 aromatic carbocycles. The Kier molecular flexibility index (Phi) is 5.89. The van der Waals surface area contributed by atoms with Crippen molar-refractivity contribution in [2.24, 2.45) is 0 Å². The largest absolute Gasteiger partial charge is 0.339 e. The van der Waals surface area contributed by atoms with Crippen molar-refractivity contribution in [3.05, 3.63) is 35.4 Å². The minimum absolute atomic E-state index is 0.0438. The fraction of sp³-hybridized carbons (Fsp3) is 0.550. The molecular weight excluding hydrogens is 328 g/mol. The van der Waals surface area contributed by atoms with Crippen LogP contribution in [-0.4, -0.2) is 71.8 Å². The van der Waals surface area contributed by atoms with Gasteiger partial charge in [0.25, 0.3) is 5.91 Å². The maximum atomic E-state index is 12.6. The summed E-state index contributed by atoms with van der Waals surface area (Å²) in [6, 6.07) is 9.22. The van der Waals surface area contributed by atoms with Crippen molar-refractivity contribution in [2.45, 2.75) is 32.2 Å². The first-order chi connectivity index (χ1) is 12.6. The number of likely N-dealkylation sites (tertiary alicyclic amines) is 1. The number of rotatable bonds is 3. The van der Waals surface area contributed by atoms with E-state index in [1.807, 2.05) is 4.90 Å². The molecule has 2 saturated heterocycles. The van der Waals surface area contributed by atoms with Crippen LogP contribution in [0.4, 0.5) is 0 Å². The molecule has 2 heterocycles. The molecule has 26 heavy (non-hydrogen) atoms. The second kappa shape index (κ2) is 8.33. The van der Waals surface area contributed by atoms with Crippen molar-refractivity contribution in [2.75, 3.05) is 39.3 Å². The summed E-state index contributed by atoms with van der Waals surface area (Å²) < 4.78 is 0. The molecule has 0 N–H and O–H groups in total. The third kappa shape index (κ3) is 4.23. The van der Waals surface area contributed by atoms with E-state index in [1.54, 1.807) is 29.2 Å². The highest BCUT2D eigenvalue weighted by atomic mass is 16.2. The van der Waals surface area contributed by atoms with Crippen LogP contribution in [0.1, 0.15) is 42.1 Å². The topological polar surface area (TPSA) is 67.7 Å². The Labute approximate surface area is 155 Å². The Hall–Kier alpha value is -2.39. The van der Waals surface area contributed by atoms with Gasteiger partial charge in [0, 0.05) is 44.3 Å². The van der Waals surface area contributed by atoms with Gasteiger partial charge in [0.1, 0.15) is 0 Å². The van der Waals surface area contributed by atoms with Crippen LogP contribution < -0.4 is 0 Å². The molecule has 6 nitrogen and oxygen atoms in total. The summed E-state index contributed by atoms with van der Waals surface area (Å²) in [5.41, 5.74) is 1.05. The predicted octanol–water partition coefficient (Wildman–Crippen LogP) is 1.72. The number of amides is 2. The zero-order valence-corrected chi connectivity index (χ0v) is 15.4. The fourth-order valence-electron chi connectivity index (χ4n) is 3.76. The van der Waals surface area contributed by atoms with Crippen LogP contribution in [0.5, 0.6) is 0 Å². The third-order valence-corrected chi connectivity index (χ3v) is 5.38. The highest BCUT2D eigenvalue weighted by Gasteiger charge is 2.27. The molecule has 1 atom stereocenters. The number of carbonyl (C=O) groups excluding carboxylic acids is 2. The van der Waals surface area contributed by atoms with Crippen LogP contribution in [0.2, 0.25) is 0 Å². The molecule has 2 aliphatic heterocycles. The summed E-state index contributed by atoms with van der Waals surface area (Å²) in [6.45, 7) is 6.07. The maximum absolute atomic E-state index is 12.6. The van der Waals surface area contributed by atoms with Gasteiger partial charge in [-0.1, -0.05) is 6.07 Å². The molecule has 2 amide bonds. The van der Waals surface area contributed by atoms with E-state index >= 15 is 0 Å². The van der Waals surface area contributed by atoms with E-state index in [9.17, 15) is 9.59 Å². The van der Waals surface area contributed by atoms with Crippen molar-refractivity contribution in [1.82, 2.24) is 14.7 Å². The number of hydrogen-bond donors (Lipinski definition) is 0. The summed E-state index contributed by atoms with van der Waals surface area (Å²) in [4.78, 5) is 31.1. The van der Waals surface area contributed by atoms with Crippen LogP contribution in [0.25, 0.3) is 0 Å². The first-order valence-electron chi connectivity index (χ1n) is 9.40. The highest BCUT2D eigenvalue weighted by Crippen LogP contribution is 2.17. The molecule has 2 aliphatic rings. The second-order valence-corrected chi connectivity index (χ2v) is 7.19. The number of benzene rings is 1. The van der Waals surface area contributed by atoms with Crippen LogP contribution in [0, 0.1) is 11.3 Å². The molecule has 0 aliphatic carbocycles. The van der Waals surface area contributed by atoms with E-state index in [1.165, 1.54) is 6.42 Å². The molecule has 0 saturated carbocycles. The number of nitriles is 1. The zero-order valence-electron chi connectivity index (χ0n) is 15.4. The second-order valence-electron chi connectivity index (χ2n) is 7.19. The zero-order chi connectivity index (χ0) is 18.5. The molecule has 1 aromatic rings. The molecule has 2 fully saturated rings. The van der Waals surface area contributed by atoms with Gasteiger partial charge in [0.05, 0.1) is 18.2 Å². The van der Waals surface area contributed by atoms with Crippen LogP contribution >= 0.6 is 0 Å². The van der Waals surface area contributed by atoms with E-state index in [-0.39, 0.29) is 11.8 Å². The quantitative estimate of drug-likeness (QED) is 0.829. The predicted molar refractivity (Wildman–Crippen MR) is 98.5 cm³/mol. The number of nitrogens with zero attached hydrogens (tertiary/aromatic N) is 4. The van der Waals surface area contributed by atoms with Crippen molar-refractivity contribution in [1.29, 1.82) is 5.26 Å². The standard InChI is InChI=1S/C20H26N4O2/c1-16-5-2-3-8-24(16)19(25)15-22-9-11-23(12-10-22)20(26)18-7-4-6-17(13-18)14-21/h4,6-7,13,16H,2-3,5,8-12,15H2,1H3. The third-order valence-electron chi connectivity index (χ3n) is 5.38. The lowest BCUT2D eigenvalue weighted by Crippen LogP contribution is -2.53. The van der Waals surface area contributed by atoms with Gasteiger partial charge in [-0.25, -0.2) is 0 Å². The van der Waals surface area contributed by atoms with Crippen LogP contribution in [0.3, 0.4) is 0 Å². The number of hydrogen-bond acceptors (Lipinski definition) is 4. The van der Waals surface area contributed by atoms with Gasteiger partial charge >= 0.3 is 0 Å². The lowest BCUT2D eigenvalue weighted by molar-refractivity contribution is -0.136. The van der Waals surface area contributed by atoms with E-state index in [0.717, 1.165) is 19.4 Å². The molecule has 138 valence electrons. The minimum Gasteiger partial charge on any atom is -0.339 e. The van der Waals surface area contributed by atoms with E-state index in [4.69, 9.17) is 5.26 Å². The van der Waals surface area contributed by atoms with Gasteiger partial charge in [-0.15, -0.1) is 0 Å². The van der Waals surface area contributed by atoms with Crippen molar-refractivity contribution < 1.29 is 9.59 Å². The number of carbonyl (C=O) groups is 2. The lowest BCUT2D eigenvalue weighted by Gasteiger charge is -2.38. The average molecular weight is 354 g/mol.